The van der Waals surface area contributed by atoms with E-state index in [-0.39, 0.29) is 42.8 Å². The molecule has 1 amide bonds. The van der Waals surface area contributed by atoms with Gasteiger partial charge in [0.05, 0.1) is 18.8 Å². The Morgan fingerprint density at radius 3 is 2.40 bits per heavy atom. The molecular formula is C30H35F3N6O6. The molecule has 3 aromatic rings. The predicted molar refractivity (Wildman–Crippen MR) is 158 cm³/mol. The summed E-state index contributed by atoms with van der Waals surface area (Å²) in [7, 11) is 0. The first kappa shape index (κ1) is 33.1. The van der Waals surface area contributed by atoms with Crippen molar-refractivity contribution in [3.8, 4) is 17.5 Å². The number of ether oxygens (including phenoxy) is 3. The molecule has 15 heteroatoms. The number of benzene rings is 2. The number of hydrogen-bond donors (Lipinski definition) is 4. The van der Waals surface area contributed by atoms with Crippen LogP contribution in [0.3, 0.4) is 0 Å². The third kappa shape index (κ3) is 10.7. The van der Waals surface area contributed by atoms with Gasteiger partial charge in [-0.3, -0.25) is 4.79 Å². The van der Waals surface area contributed by atoms with Gasteiger partial charge in [-0.15, -0.1) is 0 Å². The van der Waals surface area contributed by atoms with Crippen LogP contribution in [0.1, 0.15) is 61.4 Å². The van der Waals surface area contributed by atoms with Crippen molar-refractivity contribution in [3.05, 3.63) is 53.6 Å². The van der Waals surface area contributed by atoms with Crippen molar-refractivity contribution in [2.24, 2.45) is 0 Å². The van der Waals surface area contributed by atoms with Crippen molar-refractivity contribution in [2.45, 2.75) is 64.2 Å². The number of fused-ring (bicyclic) bond motifs is 10. The minimum atomic E-state index is -4.61. The van der Waals surface area contributed by atoms with E-state index in [0.29, 0.717) is 30.9 Å². The van der Waals surface area contributed by atoms with Gasteiger partial charge < -0.3 is 35.3 Å². The van der Waals surface area contributed by atoms with Gasteiger partial charge in [0, 0.05) is 18.3 Å². The SMILES string of the molecule is CCCC(NC(=O)c1ccc2cc1OCCCCCCOc1ccc(cc1)CNc1nc(nc(OCC(F)(F)F)n1)N2)C(=O)O. The molecule has 12 nitrogen and oxygen atoms in total. The second-order valence-corrected chi connectivity index (χ2v) is 10.3. The summed E-state index contributed by atoms with van der Waals surface area (Å²) in [6.45, 7) is 1.27. The molecule has 1 aromatic heterocycles. The fraction of sp³-hybridized carbons (Fsp3) is 0.433. The van der Waals surface area contributed by atoms with Gasteiger partial charge in [0.15, 0.2) is 6.61 Å². The molecule has 2 aliphatic heterocycles. The second-order valence-electron chi connectivity index (χ2n) is 10.3. The van der Waals surface area contributed by atoms with Crippen LogP contribution in [0.2, 0.25) is 0 Å². The van der Waals surface area contributed by atoms with Crippen LogP contribution < -0.4 is 30.2 Å². The van der Waals surface area contributed by atoms with Crippen molar-refractivity contribution in [1.82, 2.24) is 20.3 Å². The fourth-order valence-corrected chi connectivity index (χ4v) is 4.34. The van der Waals surface area contributed by atoms with E-state index in [1.54, 1.807) is 0 Å². The lowest BCUT2D eigenvalue weighted by Gasteiger charge is -2.17. The van der Waals surface area contributed by atoms with Crippen LogP contribution in [0, 0.1) is 0 Å². The summed E-state index contributed by atoms with van der Waals surface area (Å²) in [5, 5.41) is 17.9. The molecule has 1 atom stereocenters. The molecule has 5 rings (SSSR count). The largest absolute Gasteiger partial charge is 0.494 e. The zero-order chi connectivity index (χ0) is 32.2. The van der Waals surface area contributed by atoms with E-state index in [1.165, 1.54) is 18.2 Å². The number of hydrogen-bond acceptors (Lipinski definition) is 10. The predicted octanol–water partition coefficient (Wildman–Crippen LogP) is 5.48. The second kappa shape index (κ2) is 15.8. The molecule has 0 saturated carbocycles. The Labute approximate surface area is 257 Å². The molecule has 1 unspecified atom stereocenters. The number of carboxylic acids is 1. The zero-order valence-corrected chi connectivity index (χ0v) is 24.7. The Kier molecular flexibility index (Phi) is 11.6. The molecule has 4 N–H and O–H groups in total. The summed E-state index contributed by atoms with van der Waals surface area (Å²) in [5.41, 5.74) is 1.31. The lowest BCUT2D eigenvalue weighted by Crippen LogP contribution is -2.40. The highest BCUT2D eigenvalue weighted by molar-refractivity contribution is 5.99. The summed E-state index contributed by atoms with van der Waals surface area (Å²) in [6, 6.07) is 10.2. The van der Waals surface area contributed by atoms with Gasteiger partial charge >= 0.3 is 18.2 Å². The van der Waals surface area contributed by atoms with Crippen molar-refractivity contribution >= 4 is 29.5 Å². The molecule has 2 aromatic carbocycles. The molecule has 3 heterocycles. The van der Waals surface area contributed by atoms with E-state index >= 15 is 0 Å². The number of carboxylic acid groups (broad SMARTS) is 1. The monoisotopic (exact) mass is 632 g/mol. The highest BCUT2D eigenvalue weighted by Gasteiger charge is 2.29. The standard InChI is InChI=1S/C30H35F3N6O6/c1-2-7-23(26(41)42)36-25(40)22-13-10-20-16-24(22)44-15-6-4-3-5-14-43-21-11-8-19(9-12-21)17-34-27-37-28(35-20)39-29(38-27)45-18-30(31,32)33/h8-13,16,23H,2-7,14-15,17-18H2,1H3,(H,36,40)(H,41,42)(H2,34,35,37,38,39). The third-order valence-electron chi connectivity index (χ3n) is 6.58. The number of halogens is 3. The van der Waals surface area contributed by atoms with Crippen LogP contribution in [0.4, 0.5) is 30.8 Å². The van der Waals surface area contributed by atoms with Gasteiger partial charge in [-0.2, -0.15) is 28.1 Å². The van der Waals surface area contributed by atoms with Crippen molar-refractivity contribution in [3.63, 3.8) is 0 Å². The minimum absolute atomic E-state index is 0.0426. The van der Waals surface area contributed by atoms with Crippen LogP contribution in [0.15, 0.2) is 42.5 Å². The quantitative estimate of drug-likeness (QED) is 0.261. The molecule has 0 aliphatic carbocycles. The lowest BCUT2D eigenvalue weighted by molar-refractivity contribution is -0.154. The van der Waals surface area contributed by atoms with Gasteiger partial charge in [-0.1, -0.05) is 25.5 Å². The summed E-state index contributed by atoms with van der Waals surface area (Å²) >= 11 is 0. The summed E-state index contributed by atoms with van der Waals surface area (Å²) in [4.78, 5) is 37.0. The van der Waals surface area contributed by atoms with Crippen LogP contribution in [-0.2, 0) is 11.3 Å². The van der Waals surface area contributed by atoms with Crippen LogP contribution in [0.5, 0.6) is 17.5 Å². The number of anilines is 3. The van der Waals surface area contributed by atoms with E-state index in [2.05, 4.69) is 30.9 Å². The molecule has 2 aliphatic rings. The van der Waals surface area contributed by atoms with Gasteiger partial charge in [-0.25, -0.2) is 4.79 Å². The number of nitrogens with one attached hydrogen (secondary N) is 3. The Hall–Kier alpha value is -4.82. The smallest absolute Gasteiger partial charge is 0.422 e. The van der Waals surface area contributed by atoms with Crippen molar-refractivity contribution < 1.29 is 42.1 Å². The highest BCUT2D eigenvalue weighted by Crippen LogP contribution is 2.27. The number of carbonyl (C=O) groups is 2. The maximum Gasteiger partial charge on any atom is 0.422 e. The van der Waals surface area contributed by atoms with Gasteiger partial charge in [0.1, 0.15) is 17.5 Å². The topological polar surface area (TPSA) is 157 Å². The number of rotatable bonds is 7. The normalized spacial score (nSPS) is 14.8. The molecular weight excluding hydrogens is 597 g/mol. The first-order valence-corrected chi connectivity index (χ1v) is 14.6. The highest BCUT2D eigenvalue weighted by atomic mass is 19.4. The maximum absolute atomic E-state index is 13.1. The number of aliphatic carboxylic acids is 1. The molecule has 45 heavy (non-hydrogen) atoms. The fourth-order valence-electron chi connectivity index (χ4n) is 4.34. The molecule has 242 valence electrons. The molecule has 0 saturated heterocycles. The van der Waals surface area contributed by atoms with Gasteiger partial charge in [0.2, 0.25) is 11.9 Å². The Bertz CT molecular complexity index is 1440. The average molecular weight is 633 g/mol. The number of carbonyl (C=O) groups excluding carboxylic acids is 1. The maximum atomic E-state index is 13.1. The summed E-state index contributed by atoms with van der Waals surface area (Å²) < 4.78 is 55.2. The van der Waals surface area contributed by atoms with Gasteiger partial charge in [0.25, 0.3) is 5.91 Å². The van der Waals surface area contributed by atoms with E-state index in [0.717, 1.165) is 24.8 Å². The van der Waals surface area contributed by atoms with Crippen molar-refractivity contribution in [1.29, 1.82) is 0 Å². The number of alkyl halides is 3. The lowest BCUT2D eigenvalue weighted by atomic mass is 10.1. The van der Waals surface area contributed by atoms with E-state index in [4.69, 9.17) is 14.2 Å². The molecule has 0 fully saturated rings. The van der Waals surface area contributed by atoms with E-state index < -0.39 is 36.7 Å². The van der Waals surface area contributed by atoms with Crippen LogP contribution >= 0.6 is 0 Å². The number of amides is 1. The number of aromatic nitrogens is 3. The average Bonchev–Trinajstić information content (AvgIpc) is 3.00. The molecule has 6 bridgehead atoms. The third-order valence-corrected chi connectivity index (χ3v) is 6.58. The molecule has 0 spiro atoms. The van der Waals surface area contributed by atoms with E-state index in [9.17, 15) is 27.9 Å². The van der Waals surface area contributed by atoms with E-state index in [1.807, 2.05) is 31.2 Å². The van der Waals surface area contributed by atoms with Crippen LogP contribution in [0.25, 0.3) is 0 Å². The first-order valence-electron chi connectivity index (χ1n) is 14.6. The Morgan fingerprint density at radius 2 is 1.71 bits per heavy atom. The van der Waals surface area contributed by atoms with Crippen molar-refractivity contribution in [2.75, 3.05) is 30.5 Å². The molecule has 0 radical (unpaired) electrons. The van der Waals surface area contributed by atoms with Gasteiger partial charge in [-0.05, 0) is 61.9 Å². The number of nitrogens with zero attached hydrogens (tertiary/aromatic N) is 3. The summed E-state index contributed by atoms with van der Waals surface area (Å²) in [6.07, 6.45) is -0.544. The first-order chi connectivity index (χ1) is 21.6. The Balaban J connectivity index is 1.64. The zero-order valence-electron chi connectivity index (χ0n) is 24.7. The minimum Gasteiger partial charge on any atom is -0.494 e. The summed E-state index contributed by atoms with van der Waals surface area (Å²) in [5.74, 6) is -1.06. The Morgan fingerprint density at radius 1 is 1.00 bits per heavy atom. The van der Waals surface area contributed by atoms with Crippen LogP contribution in [-0.4, -0.2) is 64.0 Å².